The first-order valence-corrected chi connectivity index (χ1v) is 9.60. The highest BCUT2D eigenvalue weighted by molar-refractivity contribution is 5.82. The fourth-order valence-corrected chi connectivity index (χ4v) is 3.13. The summed E-state index contributed by atoms with van der Waals surface area (Å²) in [4.78, 5) is 28.5. The third-order valence-electron chi connectivity index (χ3n) is 5.21. The monoisotopic (exact) mass is 359 g/mol. The zero-order valence-electron chi connectivity index (χ0n) is 15.7. The SMILES string of the molecule is CCc1ccc(OCC(=O)N2CCN(C(C)C(=O)NC3CC3)CC2)cc1. The molecule has 1 aliphatic heterocycles. The Labute approximate surface area is 155 Å². The topological polar surface area (TPSA) is 61.9 Å². The van der Waals surface area contributed by atoms with Gasteiger partial charge in [-0.2, -0.15) is 0 Å². The summed E-state index contributed by atoms with van der Waals surface area (Å²) in [7, 11) is 0. The summed E-state index contributed by atoms with van der Waals surface area (Å²) in [6, 6.07) is 8.10. The fourth-order valence-electron chi connectivity index (χ4n) is 3.13. The van der Waals surface area contributed by atoms with Crippen molar-refractivity contribution in [2.45, 2.75) is 45.2 Å². The molecular weight excluding hydrogens is 330 g/mol. The lowest BCUT2D eigenvalue weighted by molar-refractivity contribution is -0.136. The number of ether oxygens (including phenoxy) is 1. The van der Waals surface area contributed by atoms with Crippen LogP contribution < -0.4 is 10.1 Å². The van der Waals surface area contributed by atoms with E-state index < -0.39 is 0 Å². The van der Waals surface area contributed by atoms with Gasteiger partial charge in [-0.1, -0.05) is 19.1 Å². The molecule has 0 bridgehead atoms. The van der Waals surface area contributed by atoms with Crippen LogP contribution in [0.3, 0.4) is 0 Å². The van der Waals surface area contributed by atoms with E-state index in [4.69, 9.17) is 4.74 Å². The first kappa shape index (κ1) is 18.7. The van der Waals surface area contributed by atoms with Crippen molar-refractivity contribution in [3.8, 4) is 5.75 Å². The molecule has 1 aliphatic carbocycles. The molecule has 2 amide bonds. The van der Waals surface area contributed by atoms with E-state index in [1.807, 2.05) is 36.1 Å². The number of aryl methyl sites for hydroxylation is 1. The van der Waals surface area contributed by atoms with E-state index in [2.05, 4.69) is 17.1 Å². The average molecular weight is 359 g/mol. The highest BCUT2D eigenvalue weighted by Crippen LogP contribution is 2.19. The molecule has 1 saturated heterocycles. The molecule has 26 heavy (non-hydrogen) atoms. The Morgan fingerprint density at radius 1 is 1.15 bits per heavy atom. The molecule has 1 aromatic rings. The molecule has 0 aromatic heterocycles. The van der Waals surface area contributed by atoms with Crippen LogP contribution in [0.25, 0.3) is 0 Å². The molecule has 1 unspecified atom stereocenters. The number of nitrogens with zero attached hydrogens (tertiary/aromatic N) is 2. The lowest BCUT2D eigenvalue weighted by atomic mass is 10.2. The van der Waals surface area contributed by atoms with Gasteiger partial charge >= 0.3 is 0 Å². The molecule has 0 radical (unpaired) electrons. The van der Waals surface area contributed by atoms with Crippen LogP contribution in [0.1, 0.15) is 32.3 Å². The quantitative estimate of drug-likeness (QED) is 0.800. The van der Waals surface area contributed by atoms with Crippen LogP contribution in [0.2, 0.25) is 0 Å². The Hall–Kier alpha value is -2.08. The van der Waals surface area contributed by atoms with Gasteiger partial charge in [0.15, 0.2) is 6.61 Å². The number of rotatable bonds is 7. The van der Waals surface area contributed by atoms with Crippen molar-refractivity contribution in [1.82, 2.24) is 15.1 Å². The molecule has 1 heterocycles. The maximum absolute atomic E-state index is 12.4. The average Bonchev–Trinajstić information content (AvgIpc) is 3.50. The number of piperazine rings is 1. The lowest BCUT2D eigenvalue weighted by Gasteiger charge is -2.37. The summed E-state index contributed by atoms with van der Waals surface area (Å²) in [5.41, 5.74) is 1.25. The lowest BCUT2D eigenvalue weighted by Crippen LogP contribution is -2.55. The van der Waals surface area contributed by atoms with E-state index in [9.17, 15) is 9.59 Å². The van der Waals surface area contributed by atoms with Crippen LogP contribution in [-0.2, 0) is 16.0 Å². The summed E-state index contributed by atoms with van der Waals surface area (Å²) in [5.74, 6) is 0.824. The van der Waals surface area contributed by atoms with Gasteiger partial charge in [-0.3, -0.25) is 14.5 Å². The second-order valence-electron chi connectivity index (χ2n) is 7.16. The van der Waals surface area contributed by atoms with E-state index in [-0.39, 0.29) is 24.5 Å². The molecule has 6 nitrogen and oxygen atoms in total. The normalized spacial score (nSPS) is 19.1. The Balaban J connectivity index is 1.40. The summed E-state index contributed by atoms with van der Waals surface area (Å²) in [5, 5.41) is 3.05. The molecule has 2 aliphatic rings. The van der Waals surface area contributed by atoms with Crippen LogP contribution in [0.15, 0.2) is 24.3 Å². The summed E-state index contributed by atoms with van der Waals surface area (Å²) in [6.07, 6.45) is 3.18. The summed E-state index contributed by atoms with van der Waals surface area (Å²) < 4.78 is 5.61. The number of carbonyl (C=O) groups excluding carboxylic acids is 2. The second-order valence-corrected chi connectivity index (χ2v) is 7.16. The Bertz CT molecular complexity index is 620. The van der Waals surface area contributed by atoms with Gasteiger partial charge in [-0.05, 0) is 43.9 Å². The van der Waals surface area contributed by atoms with Crippen molar-refractivity contribution >= 4 is 11.8 Å². The van der Waals surface area contributed by atoms with Crippen LogP contribution >= 0.6 is 0 Å². The van der Waals surface area contributed by atoms with Gasteiger partial charge in [0.2, 0.25) is 5.91 Å². The molecule has 1 atom stereocenters. The first-order valence-electron chi connectivity index (χ1n) is 9.60. The first-order chi connectivity index (χ1) is 12.6. The predicted molar refractivity (Wildman–Crippen MR) is 100 cm³/mol. The van der Waals surface area contributed by atoms with Crippen LogP contribution in [0, 0.1) is 0 Å². The zero-order valence-corrected chi connectivity index (χ0v) is 15.7. The number of hydrogen-bond acceptors (Lipinski definition) is 4. The van der Waals surface area contributed by atoms with Gasteiger partial charge in [0, 0.05) is 32.2 Å². The van der Waals surface area contributed by atoms with Crippen molar-refractivity contribution in [2.75, 3.05) is 32.8 Å². The number of benzene rings is 1. The predicted octanol–water partition coefficient (Wildman–Crippen LogP) is 1.44. The molecule has 1 N–H and O–H groups in total. The molecule has 142 valence electrons. The Morgan fingerprint density at radius 3 is 2.38 bits per heavy atom. The van der Waals surface area contributed by atoms with E-state index in [0.29, 0.717) is 19.1 Å². The maximum Gasteiger partial charge on any atom is 0.260 e. The van der Waals surface area contributed by atoms with Crippen LogP contribution in [0.4, 0.5) is 0 Å². The zero-order chi connectivity index (χ0) is 18.5. The number of amides is 2. The fraction of sp³-hybridized carbons (Fsp3) is 0.600. The molecule has 1 saturated carbocycles. The van der Waals surface area contributed by atoms with Gasteiger partial charge in [0.05, 0.1) is 6.04 Å². The van der Waals surface area contributed by atoms with Crippen molar-refractivity contribution in [2.24, 2.45) is 0 Å². The van der Waals surface area contributed by atoms with Gasteiger partial charge in [0.25, 0.3) is 5.91 Å². The number of hydrogen-bond donors (Lipinski definition) is 1. The van der Waals surface area contributed by atoms with Crippen LogP contribution in [-0.4, -0.2) is 66.5 Å². The maximum atomic E-state index is 12.4. The second kappa shape index (κ2) is 8.54. The Kier molecular flexibility index (Phi) is 6.14. The molecule has 1 aromatic carbocycles. The highest BCUT2D eigenvalue weighted by atomic mass is 16.5. The van der Waals surface area contributed by atoms with Gasteiger partial charge in [-0.25, -0.2) is 0 Å². The van der Waals surface area contributed by atoms with Crippen molar-refractivity contribution in [3.05, 3.63) is 29.8 Å². The molecular formula is C20H29N3O3. The largest absolute Gasteiger partial charge is 0.484 e. The molecule has 0 spiro atoms. The third kappa shape index (κ3) is 4.97. The van der Waals surface area contributed by atoms with Gasteiger partial charge < -0.3 is 15.0 Å². The van der Waals surface area contributed by atoms with Crippen molar-refractivity contribution < 1.29 is 14.3 Å². The van der Waals surface area contributed by atoms with E-state index in [0.717, 1.165) is 38.1 Å². The molecule has 2 fully saturated rings. The number of nitrogens with one attached hydrogen (secondary N) is 1. The van der Waals surface area contributed by atoms with E-state index in [1.165, 1.54) is 5.56 Å². The highest BCUT2D eigenvalue weighted by Gasteiger charge is 2.30. The minimum absolute atomic E-state index is 0.000645. The molecule has 3 rings (SSSR count). The minimum atomic E-state index is -0.138. The Morgan fingerprint density at radius 2 is 1.81 bits per heavy atom. The van der Waals surface area contributed by atoms with E-state index >= 15 is 0 Å². The summed E-state index contributed by atoms with van der Waals surface area (Å²) in [6.45, 7) is 6.82. The summed E-state index contributed by atoms with van der Waals surface area (Å²) >= 11 is 0. The minimum Gasteiger partial charge on any atom is -0.484 e. The van der Waals surface area contributed by atoms with Crippen LogP contribution in [0.5, 0.6) is 5.75 Å². The van der Waals surface area contributed by atoms with Gasteiger partial charge in [0.1, 0.15) is 5.75 Å². The third-order valence-corrected chi connectivity index (χ3v) is 5.21. The van der Waals surface area contributed by atoms with E-state index in [1.54, 1.807) is 0 Å². The molecule has 6 heteroatoms. The van der Waals surface area contributed by atoms with Gasteiger partial charge in [-0.15, -0.1) is 0 Å². The smallest absolute Gasteiger partial charge is 0.260 e. The standard InChI is InChI=1S/C20H29N3O3/c1-3-16-4-8-18(9-5-16)26-14-19(24)23-12-10-22(11-13-23)15(2)20(25)21-17-6-7-17/h4-5,8-9,15,17H,3,6-7,10-14H2,1-2H3,(H,21,25). The van der Waals surface area contributed by atoms with Crippen molar-refractivity contribution in [3.63, 3.8) is 0 Å². The number of carbonyl (C=O) groups is 2. The van der Waals surface area contributed by atoms with Crippen molar-refractivity contribution in [1.29, 1.82) is 0 Å².